The van der Waals surface area contributed by atoms with Gasteiger partial charge in [-0.3, -0.25) is 4.98 Å². The fraction of sp³-hybridized carbons (Fsp3) is 0.0625. The van der Waals surface area contributed by atoms with Gasteiger partial charge in [0, 0.05) is 39.9 Å². The first-order valence-electron chi connectivity index (χ1n) is 6.17. The number of para-hydroxylation sites is 1. The quantitative estimate of drug-likeness (QED) is 0.457. The molecule has 19 heavy (non-hydrogen) atoms. The predicted octanol–water partition coefficient (Wildman–Crippen LogP) is 4.53. The average molecular weight is 267 g/mol. The lowest BCUT2D eigenvalue weighted by molar-refractivity contribution is 1.02. The van der Waals surface area contributed by atoms with Crippen molar-refractivity contribution >= 4 is 44.3 Å². The third-order valence-electron chi connectivity index (χ3n) is 3.69. The van der Waals surface area contributed by atoms with Gasteiger partial charge in [-0.05, 0) is 24.3 Å². The summed E-state index contributed by atoms with van der Waals surface area (Å²) in [6.45, 7) is 0. The van der Waals surface area contributed by atoms with Crippen molar-refractivity contribution in [2.45, 2.75) is 0 Å². The molecule has 0 amide bonds. The van der Waals surface area contributed by atoms with Gasteiger partial charge < -0.3 is 4.57 Å². The Morgan fingerprint density at radius 3 is 2.74 bits per heavy atom. The minimum Gasteiger partial charge on any atom is -0.343 e. The third-order valence-corrected chi connectivity index (χ3v) is 3.93. The first-order chi connectivity index (χ1) is 9.25. The van der Waals surface area contributed by atoms with Crippen LogP contribution < -0.4 is 0 Å². The highest BCUT2D eigenvalue weighted by Gasteiger charge is 2.11. The molecule has 0 saturated carbocycles. The molecule has 0 aliphatic carbocycles. The van der Waals surface area contributed by atoms with Gasteiger partial charge in [0.25, 0.3) is 0 Å². The molecule has 0 fully saturated rings. The van der Waals surface area contributed by atoms with Crippen molar-refractivity contribution in [2.75, 3.05) is 0 Å². The van der Waals surface area contributed by atoms with Gasteiger partial charge >= 0.3 is 0 Å². The number of aryl methyl sites for hydroxylation is 1. The number of benzene rings is 2. The van der Waals surface area contributed by atoms with Crippen LogP contribution in [0.1, 0.15) is 0 Å². The van der Waals surface area contributed by atoms with E-state index in [2.05, 4.69) is 40.9 Å². The number of aromatic nitrogens is 2. The average Bonchev–Trinajstić information content (AvgIpc) is 2.73. The van der Waals surface area contributed by atoms with Crippen molar-refractivity contribution in [3.05, 3.63) is 53.7 Å². The zero-order chi connectivity index (χ0) is 13.0. The number of pyridine rings is 1. The Labute approximate surface area is 115 Å². The molecule has 2 aromatic carbocycles. The molecule has 0 atom stereocenters. The van der Waals surface area contributed by atoms with Crippen LogP contribution in [0, 0.1) is 0 Å². The number of rotatable bonds is 0. The van der Waals surface area contributed by atoms with Crippen molar-refractivity contribution in [3.8, 4) is 0 Å². The van der Waals surface area contributed by atoms with Crippen molar-refractivity contribution in [2.24, 2.45) is 7.05 Å². The van der Waals surface area contributed by atoms with Gasteiger partial charge in [0.1, 0.15) is 0 Å². The van der Waals surface area contributed by atoms with Gasteiger partial charge in [0.2, 0.25) is 0 Å². The van der Waals surface area contributed by atoms with E-state index in [1.807, 2.05) is 24.4 Å². The summed E-state index contributed by atoms with van der Waals surface area (Å²) in [4.78, 5) is 4.54. The van der Waals surface area contributed by atoms with Crippen LogP contribution in [0.5, 0.6) is 0 Å². The summed E-state index contributed by atoms with van der Waals surface area (Å²) in [5.41, 5.74) is 3.37. The molecule has 0 aliphatic heterocycles. The summed E-state index contributed by atoms with van der Waals surface area (Å²) >= 11 is 6.04. The van der Waals surface area contributed by atoms with E-state index in [0.717, 1.165) is 15.9 Å². The number of halogens is 1. The Morgan fingerprint density at radius 1 is 1.00 bits per heavy atom. The molecule has 2 nitrogen and oxygen atoms in total. The molecule has 0 N–H and O–H groups in total. The van der Waals surface area contributed by atoms with E-state index in [9.17, 15) is 0 Å². The van der Waals surface area contributed by atoms with E-state index in [-0.39, 0.29) is 0 Å². The van der Waals surface area contributed by atoms with Gasteiger partial charge in [0.15, 0.2) is 0 Å². The van der Waals surface area contributed by atoms with Crippen molar-refractivity contribution in [1.29, 1.82) is 0 Å². The van der Waals surface area contributed by atoms with Gasteiger partial charge in [-0.15, -0.1) is 0 Å². The Kier molecular flexibility index (Phi) is 2.12. The van der Waals surface area contributed by atoms with Crippen LogP contribution >= 0.6 is 11.6 Å². The lowest BCUT2D eigenvalue weighted by Crippen LogP contribution is -1.88. The van der Waals surface area contributed by atoms with Crippen LogP contribution in [0.2, 0.25) is 5.02 Å². The van der Waals surface area contributed by atoms with Crippen LogP contribution in [0.3, 0.4) is 0 Å². The third kappa shape index (κ3) is 1.41. The van der Waals surface area contributed by atoms with Crippen molar-refractivity contribution in [1.82, 2.24) is 9.55 Å². The Morgan fingerprint density at radius 2 is 1.84 bits per heavy atom. The van der Waals surface area contributed by atoms with Crippen LogP contribution in [0.15, 0.2) is 48.7 Å². The standard InChI is InChI=1S/C16H11ClN2/c1-19-15-5-3-2-4-11(15)13-9-18-14-8-10(17)6-7-12(14)16(13)19/h2-9H,1H3. The molecule has 3 heteroatoms. The Hall–Kier alpha value is -2.06. The molecule has 0 unspecified atom stereocenters. The van der Waals surface area contributed by atoms with Gasteiger partial charge in [-0.25, -0.2) is 0 Å². The molecule has 2 heterocycles. The monoisotopic (exact) mass is 266 g/mol. The van der Waals surface area contributed by atoms with E-state index < -0.39 is 0 Å². The normalized spacial score (nSPS) is 11.7. The maximum absolute atomic E-state index is 6.04. The maximum Gasteiger partial charge on any atom is 0.0738 e. The summed E-state index contributed by atoms with van der Waals surface area (Å²) in [6, 6.07) is 14.3. The SMILES string of the molecule is Cn1c2ccccc2c2cnc3cc(Cl)ccc3c21. The second-order valence-electron chi connectivity index (χ2n) is 4.76. The zero-order valence-electron chi connectivity index (χ0n) is 10.4. The minimum atomic E-state index is 0.720. The highest BCUT2D eigenvalue weighted by molar-refractivity contribution is 6.31. The van der Waals surface area contributed by atoms with Crippen LogP contribution in [-0.4, -0.2) is 9.55 Å². The Bertz CT molecular complexity index is 938. The smallest absolute Gasteiger partial charge is 0.0738 e. The van der Waals surface area contributed by atoms with Crippen molar-refractivity contribution < 1.29 is 0 Å². The van der Waals surface area contributed by atoms with Gasteiger partial charge in [-0.2, -0.15) is 0 Å². The topological polar surface area (TPSA) is 17.8 Å². The first kappa shape index (κ1) is 10.8. The molecule has 0 radical (unpaired) electrons. The van der Waals surface area contributed by atoms with Gasteiger partial charge in [-0.1, -0.05) is 29.8 Å². The molecule has 92 valence electrons. The molecular formula is C16H11ClN2. The highest BCUT2D eigenvalue weighted by Crippen LogP contribution is 2.32. The van der Waals surface area contributed by atoms with E-state index >= 15 is 0 Å². The molecule has 0 spiro atoms. The van der Waals surface area contributed by atoms with Gasteiger partial charge in [0.05, 0.1) is 11.0 Å². The van der Waals surface area contributed by atoms with E-state index in [4.69, 9.17) is 11.6 Å². The molecule has 0 aliphatic rings. The molecule has 4 rings (SSSR count). The van der Waals surface area contributed by atoms with E-state index in [0.29, 0.717) is 0 Å². The van der Waals surface area contributed by atoms with Crippen LogP contribution in [-0.2, 0) is 7.05 Å². The fourth-order valence-electron chi connectivity index (χ4n) is 2.82. The fourth-order valence-corrected chi connectivity index (χ4v) is 2.99. The number of fused-ring (bicyclic) bond motifs is 5. The number of hydrogen-bond acceptors (Lipinski definition) is 1. The number of nitrogens with zero attached hydrogens (tertiary/aromatic N) is 2. The first-order valence-corrected chi connectivity index (χ1v) is 6.55. The molecule has 2 aromatic heterocycles. The van der Waals surface area contributed by atoms with Crippen molar-refractivity contribution in [3.63, 3.8) is 0 Å². The lowest BCUT2D eigenvalue weighted by Gasteiger charge is -2.03. The molecule has 0 saturated heterocycles. The summed E-state index contributed by atoms with van der Waals surface area (Å²) < 4.78 is 2.22. The second kappa shape index (κ2) is 3.72. The summed E-state index contributed by atoms with van der Waals surface area (Å²) in [5.74, 6) is 0. The zero-order valence-corrected chi connectivity index (χ0v) is 11.1. The minimum absolute atomic E-state index is 0.720. The van der Waals surface area contributed by atoms with E-state index in [1.54, 1.807) is 0 Å². The van der Waals surface area contributed by atoms with E-state index in [1.165, 1.54) is 21.8 Å². The molecule has 4 aromatic rings. The lowest BCUT2D eigenvalue weighted by atomic mass is 10.1. The second-order valence-corrected chi connectivity index (χ2v) is 5.19. The predicted molar refractivity (Wildman–Crippen MR) is 80.7 cm³/mol. The van der Waals surface area contributed by atoms with Crippen LogP contribution in [0.4, 0.5) is 0 Å². The number of hydrogen-bond donors (Lipinski definition) is 0. The van der Waals surface area contributed by atoms with Crippen LogP contribution in [0.25, 0.3) is 32.7 Å². The summed E-state index contributed by atoms with van der Waals surface area (Å²) in [5, 5.41) is 4.29. The highest BCUT2D eigenvalue weighted by atomic mass is 35.5. The maximum atomic E-state index is 6.04. The Balaban J connectivity index is 2.33. The largest absolute Gasteiger partial charge is 0.343 e. The molecule has 0 bridgehead atoms. The summed E-state index contributed by atoms with van der Waals surface area (Å²) in [6.07, 6.45) is 1.94. The molecular weight excluding hydrogens is 256 g/mol. The summed E-state index contributed by atoms with van der Waals surface area (Å²) in [7, 11) is 2.10.